The Labute approximate surface area is 135 Å². The quantitative estimate of drug-likeness (QED) is 0.677. The van der Waals surface area contributed by atoms with E-state index in [0.29, 0.717) is 0 Å². The Morgan fingerprint density at radius 1 is 1.42 bits per heavy atom. The third-order valence-corrected chi connectivity index (χ3v) is 3.51. The summed E-state index contributed by atoms with van der Waals surface area (Å²) in [6.45, 7) is 1.61. The Hall–Kier alpha value is -0.610. The first-order valence-corrected chi connectivity index (χ1v) is 6.27. The molecule has 2 rings (SSSR count). The molecule has 0 radical (unpaired) electrons. The van der Waals surface area contributed by atoms with E-state index >= 15 is 0 Å². The molecule has 0 bridgehead atoms. The van der Waals surface area contributed by atoms with Gasteiger partial charge in [-0.15, -0.1) is 0 Å². The van der Waals surface area contributed by atoms with Gasteiger partial charge in [-0.2, -0.15) is 0 Å². The number of rotatable bonds is 3. The van der Waals surface area contributed by atoms with Crippen molar-refractivity contribution in [3.63, 3.8) is 0 Å². The van der Waals surface area contributed by atoms with Crippen LogP contribution < -0.4 is 34.7 Å². The van der Waals surface area contributed by atoms with E-state index in [-0.39, 0.29) is 35.7 Å². The van der Waals surface area contributed by atoms with E-state index in [9.17, 15) is 15.0 Å². The van der Waals surface area contributed by atoms with Crippen LogP contribution in [0.4, 0.5) is 0 Å². The first kappa shape index (κ1) is 16.4. The second-order valence-corrected chi connectivity index (χ2v) is 4.83. The van der Waals surface area contributed by atoms with Gasteiger partial charge in [0.25, 0.3) is 0 Å². The minimum Gasteiger partial charge on any atom is -0.550 e. The van der Waals surface area contributed by atoms with Crippen LogP contribution in [-0.4, -0.2) is 17.2 Å². The van der Waals surface area contributed by atoms with Crippen LogP contribution in [0.5, 0.6) is 0 Å². The van der Waals surface area contributed by atoms with Gasteiger partial charge in [-0.25, -0.2) is 0 Å². The summed E-state index contributed by atoms with van der Waals surface area (Å²) < 4.78 is 0. The number of aliphatic hydroxyl groups is 1. The number of benzene rings is 1. The Kier molecular flexibility index (Phi) is 6.27. The van der Waals surface area contributed by atoms with Crippen LogP contribution in [0.15, 0.2) is 29.8 Å². The van der Waals surface area contributed by atoms with Crippen molar-refractivity contribution in [2.75, 3.05) is 0 Å². The average molecular weight is 268 g/mol. The van der Waals surface area contributed by atoms with E-state index < -0.39 is 11.9 Å². The first-order valence-electron chi connectivity index (χ1n) is 6.27. The maximum atomic E-state index is 10.8. The Bertz CT molecular complexity index is 465. The van der Waals surface area contributed by atoms with Crippen molar-refractivity contribution in [1.82, 2.24) is 0 Å². The second-order valence-electron chi connectivity index (χ2n) is 4.83. The number of carboxylic acids is 1. The molecule has 19 heavy (non-hydrogen) atoms. The van der Waals surface area contributed by atoms with Crippen LogP contribution in [0.2, 0.25) is 0 Å². The van der Waals surface area contributed by atoms with Crippen LogP contribution in [0.3, 0.4) is 0 Å². The molecule has 0 saturated heterocycles. The first-order chi connectivity index (χ1) is 8.58. The summed E-state index contributed by atoms with van der Waals surface area (Å²) in [7, 11) is 0. The average Bonchev–Trinajstić information content (AvgIpc) is 2.75. The van der Waals surface area contributed by atoms with E-state index in [1.54, 1.807) is 19.1 Å². The van der Waals surface area contributed by atoms with Crippen LogP contribution >= 0.6 is 0 Å². The zero-order chi connectivity index (χ0) is 13.1. The summed E-state index contributed by atoms with van der Waals surface area (Å²) in [5.41, 5.74) is 2.81. The molecule has 0 spiro atoms. The number of hydrogen-bond donors (Lipinski definition) is 1. The van der Waals surface area contributed by atoms with Gasteiger partial charge >= 0.3 is 29.6 Å². The van der Waals surface area contributed by atoms with Gasteiger partial charge in [0, 0.05) is 11.9 Å². The van der Waals surface area contributed by atoms with E-state index in [2.05, 4.69) is 0 Å². The molecular weight excluding hydrogens is 251 g/mol. The Morgan fingerprint density at radius 3 is 2.53 bits per heavy atom. The summed E-state index contributed by atoms with van der Waals surface area (Å²) in [6, 6.07) is 7.36. The number of aliphatic carboxylic acids is 1. The van der Waals surface area contributed by atoms with Crippen LogP contribution in [0, 0.1) is 0 Å². The smallest absolute Gasteiger partial charge is 0.550 e. The van der Waals surface area contributed by atoms with Gasteiger partial charge in [-0.1, -0.05) is 37.3 Å². The van der Waals surface area contributed by atoms with Crippen LogP contribution in [-0.2, 0) is 4.79 Å². The normalized spacial score (nSPS) is 22.0. The molecular formula is C15H17NaO3. The number of hydrogen-bond acceptors (Lipinski definition) is 3. The molecule has 1 aromatic rings. The number of carbonyl (C=O) groups is 1. The van der Waals surface area contributed by atoms with E-state index in [0.717, 1.165) is 36.0 Å². The fourth-order valence-corrected chi connectivity index (χ4v) is 2.25. The second kappa shape index (κ2) is 7.25. The molecule has 2 atom stereocenters. The van der Waals surface area contributed by atoms with Gasteiger partial charge in [0.2, 0.25) is 0 Å². The third kappa shape index (κ3) is 4.18. The van der Waals surface area contributed by atoms with Crippen molar-refractivity contribution in [3.8, 4) is 0 Å². The topological polar surface area (TPSA) is 60.4 Å². The Balaban J connectivity index is 0.00000180. The standard InChI is InChI=1S/C15H18O3.Na/c1-10(15(17)18)12-7-5-11(6-8-12)9-13-3-2-4-14(13)16;/h5-10,14,16H,2-4H2,1H3,(H,17,18);/q;+1/p-1. The molecule has 0 aromatic heterocycles. The maximum Gasteiger partial charge on any atom is 1.00 e. The Morgan fingerprint density at radius 2 is 2.05 bits per heavy atom. The van der Waals surface area contributed by atoms with Gasteiger partial charge in [0.1, 0.15) is 0 Å². The summed E-state index contributed by atoms with van der Waals surface area (Å²) >= 11 is 0. The minimum atomic E-state index is -1.06. The molecule has 1 N–H and O–H groups in total. The number of carboxylic acid groups (broad SMARTS) is 1. The van der Waals surface area contributed by atoms with Crippen molar-refractivity contribution < 1.29 is 44.6 Å². The van der Waals surface area contributed by atoms with Crippen molar-refractivity contribution in [1.29, 1.82) is 0 Å². The molecule has 1 aliphatic carbocycles. The van der Waals surface area contributed by atoms with E-state index in [1.807, 2.05) is 18.2 Å². The summed E-state index contributed by atoms with van der Waals surface area (Å²) in [5.74, 6) is -1.66. The third-order valence-electron chi connectivity index (χ3n) is 3.51. The van der Waals surface area contributed by atoms with E-state index in [4.69, 9.17) is 0 Å². The van der Waals surface area contributed by atoms with Gasteiger partial charge in [0.15, 0.2) is 0 Å². The minimum absolute atomic E-state index is 0. The molecule has 1 saturated carbocycles. The van der Waals surface area contributed by atoms with E-state index in [1.165, 1.54) is 0 Å². The maximum absolute atomic E-state index is 10.8. The van der Waals surface area contributed by atoms with Gasteiger partial charge in [-0.3, -0.25) is 0 Å². The van der Waals surface area contributed by atoms with Gasteiger partial charge in [0.05, 0.1) is 6.10 Å². The predicted molar refractivity (Wildman–Crippen MR) is 67.7 cm³/mol. The molecule has 3 nitrogen and oxygen atoms in total. The molecule has 1 aliphatic rings. The molecule has 1 aromatic carbocycles. The monoisotopic (exact) mass is 268 g/mol. The fourth-order valence-electron chi connectivity index (χ4n) is 2.25. The molecule has 2 unspecified atom stereocenters. The van der Waals surface area contributed by atoms with Gasteiger partial charge < -0.3 is 15.0 Å². The molecule has 4 heteroatoms. The number of carbonyl (C=O) groups excluding carboxylic acids is 1. The molecule has 0 amide bonds. The van der Waals surface area contributed by atoms with Crippen molar-refractivity contribution in [3.05, 3.63) is 41.0 Å². The van der Waals surface area contributed by atoms with Crippen molar-refractivity contribution in [2.24, 2.45) is 0 Å². The largest absolute Gasteiger partial charge is 1.00 e. The summed E-state index contributed by atoms with van der Waals surface area (Å²) in [5, 5.41) is 20.5. The fraction of sp³-hybridized carbons (Fsp3) is 0.400. The molecule has 1 fully saturated rings. The zero-order valence-corrected chi connectivity index (χ0v) is 13.4. The predicted octanol–water partition coefficient (Wildman–Crippen LogP) is -1.53. The van der Waals surface area contributed by atoms with Gasteiger partial charge in [-0.05, 0) is 36.0 Å². The van der Waals surface area contributed by atoms with Crippen molar-refractivity contribution >= 4 is 12.0 Å². The SMILES string of the molecule is CC(C(=O)[O-])c1ccc(C=C2CCCC2O)cc1.[Na+]. The summed E-state index contributed by atoms with van der Waals surface area (Å²) in [6.07, 6.45) is 4.49. The number of aliphatic hydroxyl groups excluding tert-OH is 1. The summed E-state index contributed by atoms with van der Waals surface area (Å²) in [4.78, 5) is 10.8. The van der Waals surface area contributed by atoms with Crippen molar-refractivity contribution in [2.45, 2.75) is 38.2 Å². The van der Waals surface area contributed by atoms with Crippen LogP contribution in [0.1, 0.15) is 43.2 Å². The molecule has 0 aliphatic heterocycles. The van der Waals surface area contributed by atoms with Crippen LogP contribution in [0.25, 0.3) is 6.08 Å². The molecule has 96 valence electrons. The zero-order valence-electron chi connectivity index (χ0n) is 11.4. The molecule has 0 heterocycles.